The van der Waals surface area contributed by atoms with Crippen molar-refractivity contribution in [3.05, 3.63) is 28.2 Å². The van der Waals surface area contributed by atoms with Crippen LogP contribution in [0.2, 0.25) is 10.0 Å². The van der Waals surface area contributed by atoms with E-state index in [0.717, 1.165) is 0 Å². The molecule has 126 valence electrons. The number of rotatable bonds is 6. The second-order valence-corrected chi connectivity index (χ2v) is 5.19. The van der Waals surface area contributed by atoms with Crippen LogP contribution in [0.4, 0.5) is 4.79 Å². The van der Waals surface area contributed by atoms with Crippen LogP contribution in [0.15, 0.2) is 18.2 Å². The predicted octanol–water partition coefficient (Wildman–Crippen LogP) is 2.15. The highest BCUT2D eigenvalue weighted by molar-refractivity contribution is 6.35. The average Bonchev–Trinajstić information content (AvgIpc) is 2.47. The first-order valence-electron chi connectivity index (χ1n) is 6.69. The molecule has 0 aliphatic carbocycles. The number of urea groups is 1. The monoisotopic (exact) mass is 362 g/mol. The average molecular weight is 363 g/mol. The zero-order chi connectivity index (χ0) is 17.4. The third-order valence-electron chi connectivity index (χ3n) is 2.47. The molecule has 0 bridgehead atoms. The summed E-state index contributed by atoms with van der Waals surface area (Å²) in [7, 11) is 0. The SMILES string of the molecule is CCNC(=O)NC(=O)COC(=O)[C@H](C)Oc1ccc(Cl)cc1Cl. The molecule has 0 fully saturated rings. The van der Waals surface area contributed by atoms with Crippen molar-refractivity contribution in [3.8, 4) is 5.75 Å². The quantitative estimate of drug-likeness (QED) is 0.756. The first kappa shape index (κ1) is 19.1. The summed E-state index contributed by atoms with van der Waals surface area (Å²) in [5.41, 5.74) is 0. The van der Waals surface area contributed by atoms with Gasteiger partial charge in [-0.15, -0.1) is 0 Å². The second kappa shape index (κ2) is 9.22. The molecule has 3 amide bonds. The number of ether oxygens (including phenoxy) is 2. The van der Waals surface area contributed by atoms with E-state index < -0.39 is 30.6 Å². The van der Waals surface area contributed by atoms with Gasteiger partial charge in [0.25, 0.3) is 5.91 Å². The molecule has 1 aromatic rings. The predicted molar refractivity (Wildman–Crippen MR) is 84.7 cm³/mol. The van der Waals surface area contributed by atoms with E-state index in [1.165, 1.54) is 19.1 Å². The van der Waals surface area contributed by atoms with Crippen LogP contribution in [0, 0.1) is 0 Å². The van der Waals surface area contributed by atoms with E-state index in [4.69, 9.17) is 32.7 Å². The van der Waals surface area contributed by atoms with Gasteiger partial charge in [-0.05, 0) is 32.0 Å². The maximum Gasteiger partial charge on any atom is 0.347 e. The molecule has 1 aromatic carbocycles. The van der Waals surface area contributed by atoms with E-state index in [-0.39, 0.29) is 10.8 Å². The lowest BCUT2D eigenvalue weighted by atomic mass is 10.3. The summed E-state index contributed by atoms with van der Waals surface area (Å²) < 4.78 is 10.1. The van der Waals surface area contributed by atoms with Crippen LogP contribution in [0.1, 0.15) is 13.8 Å². The lowest BCUT2D eigenvalue weighted by Gasteiger charge is -2.15. The third-order valence-corrected chi connectivity index (χ3v) is 3.00. The van der Waals surface area contributed by atoms with Crippen LogP contribution in [-0.4, -0.2) is 37.2 Å². The van der Waals surface area contributed by atoms with Gasteiger partial charge in [-0.2, -0.15) is 0 Å². The van der Waals surface area contributed by atoms with Crippen molar-refractivity contribution < 1.29 is 23.9 Å². The molecule has 0 radical (unpaired) electrons. The van der Waals surface area contributed by atoms with Crippen molar-refractivity contribution in [3.63, 3.8) is 0 Å². The second-order valence-electron chi connectivity index (χ2n) is 4.35. The Balaban J connectivity index is 2.45. The maximum atomic E-state index is 11.7. The molecule has 0 saturated carbocycles. The van der Waals surface area contributed by atoms with Crippen molar-refractivity contribution in [1.82, 2.24) is 10.6 Å². The van der Waals surface area contributed by atoms with E-state index in [0.29, 0.717) is 11.6 Å². The van der Waals surface area contributed by atoms with Crippen LogP contribution in [0.3, 0.4) is 0 Å². The lowest BCUT2D eigenvalue weighted by molar-refractivity contribution is -0.154. The number of halogens is 2. The van der Waals surface area contributed by atoms with Gasteiger partial charge in [0.1, 0.15) is 5.75 Å². The molecular weight excluding hydrogens is 347 g/mol. The van der Waals surface area contributed by atoms with Crippen molar-refractivity contribution >= 4 is 41.1 Å². The van der Waals surface area contributed by atoms with Crippen molar-refractivity contribution in [2.45, 2.75) is 20.0 Å². The van der Waals surface area contributed by atoms with Gasteiger partial charge in [0.05, 0.1) is 5.02 Å². The minimum atomic E-state index is -0.994. The van der Waals surface area contributed by atoms with E-state index in [2.05, 4.69) is 5.32 Å². The Morgan fingerprint density at radius 3 is 2.57 bits per heavy atom. The number of hydrogen-bond acceptors (Lipinski definition) is 5. The molecule has 1 rings (SSSR count). The first-order chi connectivity index (χ1) is 10.8. The van der Waals surface area contributed by atoms with Gasteiger partial charge in [0.15, 0.2) is 12.7 Å². The Bertz CT molecular complexity index is 595. The van der Waals surface area contributed by atoms with Crippen LogP contribution >= 0.6 is 23.2 Å². The summed E-state index contributed by atoms with van der Waals surface area (Å²) in [4.78, 5) is 34.2. The van der Waals surface area contributed by atoms with Crippen molar-refractivity contribution in [2.24, 2.45) is 0 Å². The number of imide groups is 1. The number of hydrogen-bond donors (Lipinski definition) is 2. The molecule has 2 N–H and O–H groups in total. The standard InChI is InChI=1S/C14H16Cl2N2O5/c1-3-17-14(21)18-12(19)7-22-13(20)8(2)23-11-5-4-9(15)6-10(11)16/h4-6,8H,3,7H2,1-2H3,(H2,17,18,19,21)/t8-/m0/s1. The maximum absolute atomic E-state index is 11.7. The van der Waals surface area contributed by atoms with Gasteiger partial charge in [-0.3, -0.25) is 10.1 Å². The topological polar surface area (TPSA) is 93.7 Å². The largest absolute Gasteiger partial charge is 0.477 e. The van der Waals surface area contributed by atoms with E-state index in [1.807, 2.05) is 5.32 Å². The van der Waals surface area contributed by atoms with Crippen LogP contribution in [0.25, 0.3) is 0 Å². The molecule has 23 heavy (non-hydrogen) atoms. The Morgan fingerprint density at radius 1 is 1.26 bits per heavy atom. The van der Waals surface area contributed by atoms with Crippen LogP contribution < -0.4 is 15.4 Å². The number of amides is 3. The van der Waals surface area contributed by atoms with Crippen molar-refractivity contribution in [2.75, 3.05) is 13.2 Å². The normalized spacial score (nSPS) is 11.3. The van der Waals surface area contributed by atoms with Gasteiger partial charge in [-0.1, -0.05) is 23.2 Å². The number of carbonyl (C=O) groups excluding carboxylic acids is 3. The molecule has 0 saturated heterocycles. The van der Waals surface area contributed by atoms with E-state index in [9.17, 15) is 14.4 Å². The number of esters is 1. The molecule has 0 aliphatic heterocycles. The van der Waals surface area contributed by atoms with E-state index in [1.54, 1.807) is 13.0 Å². The summed E-state index contributed by atoms with van der Waals surface area (Å²) in [6.07, 6.45) is -0.994. The van der Waals surface area contributed by atoms with Gasteiger partial charge in [0, 0.05) is 11.6 Å². The molecule has 0 aromatic heterocycles. The molecule has 9 heteroatoms. The Morgan fingerprint density at radius 2 is 1.96 bits per heavy atom. The number of benzene rings is 1. The van der Waals surface area contributed by atoms with Gasteiger partial charge < -0.3 is 14.8 Å². The Labute approximate surface area is 143 Å². The van der Waals surface area contributed by atoms with Gasteiger partial charge in [0.2, 0.25) is 0 Å². The fourth-order valence-corrected chi connectivity index (χ4v) is 1.88. The fraction of sp³-hybridized carbons (Fsp3) is 0.357. The van der Waals surface area contributed by atoms with Crippen LogP contribution in [0.5, 0.6) is 5.75 Å². The molecule has 0 spiro atoms. The summed E-state index contributed by atoms with van der Waals surface area (Å²) in [5, 5.41) is 5.04. The molecule has 1 atom stereocenters. The van der Waals surface area contributed by atoms with Gasteiger partial charge in [-0.25, -0.2) is 9.59 Å². The van der Waals surface area contributed by atoms with Crippen molar-refractivity contribution in [1.29, 1.82) is 0 Å². The van der Waals surface area contributed by atoms with Gasteiger partial charge >= 0.3 is 12.0 Å². The summed E-state index contributed by atoms with van der Waals surface area (Å²) >= 11 is 11.7. The molecule has 0 aliphatic rings. The highest BCUT2D eigenvalue weighted by atomic mass is 35.5. The molecule has 7 nitrogen and oxygen atoms in total. The molecule has 0 unspecified atom stereocenters. The minimum absolute atomic E-state index is 0.242. The smallest absolute Gasteiger partial charge is 0.347 e. The lowest BCUT2D eigenvalue weighted by Crippen LogP contribution is -2.41. The first-order valence-corrected chi connectivity index (χ1v) is 7.45. The zero-order valence-electron chi connectivity index (χ0n) is 12.5. The Hall–Kier alpha value is -1.99. The highest BCUT2D eigenvalue weighted by Crippen LogP contribution is 2.28. The fourth-order valence-electron chi connectivity index (χ4n) is 1.43. The highest BCUT2D eigenvalue weighted by Gasteiger charge is 2.19. The Kier molecular flexibility index (Phi) is 7.64. The summed E-state index contributed by atoms with van der Waals surface area (Å²) in [5.74, 6) is -1.27. The zero-order valence-corrected chi connectivity index (χ0v) is 14.0. The number of carbonyl (C=O) groups is 3. The summed E-state index contributed by atoms with van der Waals surface area (Å²) in [6.45, 7) is 2.91. The van der Waals surface area contributed by atoms with Crippen LogP contribution in [-0.2, 0) is 14.3 Å². The summed E-state index contributed by atoms with van der Waals surface area (Å²) in [6, 6.07) is 3.87. The molecule has 0 heterocycles. The van der Waals surface area contributed by atoms with E-state index >= 15 is 0 Å². The minimum Gasteiger partial charge on any atom is -0.477 e. The number of nitrogens with one attached hydrogen (secondary N) is 2. The molecular formula is C14H16Cl2N2O5. The third kappa shape index (κ3) is 6.75.